The van der Waals surface area contributed by atoms with Gasteiger partial charge in [-0.05, 0) is 12.5 Å². The second-order valence-corrected chi connectivity index (χ2v) is 2.30. The lowest BCUT2D eigenvalue weighted by Gasteiger charge is -2.03. The first-order chi connectivity index (χ1) is 3.30. The van der Waals surface area contributed by atoms with Gasteiger partial charge in [-0.2, -0.15) is 0 Å². The number of hydrogen-bond donors (Lipinski definition) is 2. The first-order valence-electron chi connectivity index (χ1n) is 2.77. The fourth-order valence-electron chi connectivity index (χ4n) is 0.830. The van der Waals surface area contributed by atoms with E-state index in [0.29, 0.717) is 12.0 Å². The van der Waals surface area contributed by atoms with Crippen LogP contribution in [0.1, 0.15) is 6.92 Å². The average molecular weight is 137 g/mol. The molecular weight excluding hydrogens is 124 g/mol. The van der Waals surface area contributed by atoms with E-state index in [2.05, 4.69) is 12.2 Å². The zero-order chi connectivity index (χ0) is 5.28. The lowest BCUT2D eigenvalue weighted by atomic mass is 10.1. The molecule has 0 aliphatic carbocycles. The minimum atomic E-state index is 0. The second-order valence-electron chi connectivity index (χ2n) is 2.30. The van der Waals surface area contributed by atoms with Crippen molar-refractivity contribution in [3.8, 4) is 0 Å². The Kier molecular flexibility index (Phi) is 3.36. The molecule has 8 heavy (non-hydrogen) atoms. The fourth-order valence-corrected chi connectivity index (χ4v) is 0.830. The molecule has 1 rings (SSSR count). The molecule has 0 bridgehead atoms. The predicted octanol–water partition coefficient (Wildman–Crippen LogP) is -0.0252. The molecule has 0 saturated carbocycles. The Morgan fingerprint density at radius 3 is 2.25 bits per heavy atom. The lowest BCUT2D eigenvalue weighted by molar-refractivity contribution is 0.565. The van der Waals surface area contributed by atoms with Gasteiger partial charge in [0.05, 0.1) is 0 Å². The molecule has 0 aromatic rings. The van der Waals surface area contributed by atoms with Crippen LogP contribution in [0, 0.1) is 5.92 Å². The summed E-state index contributed by atoms with van der Waals surface area (Å²) in [6.45, 7) is 4.27. The van der Waals surface area contributed by atoms with Gasteiger partial charge in [0.2, 0.25) is 0 Å². The van der Waals surface area contributed by atoms with Crippen LogP contribution in [0.2, 0.25) is 0 Å². The second kappa shape index (κ2) is 3.28. The molecule has 2 nitrogen and oxygen atoms in total. The van der Waals surface area contributed by atoms with Gasteiger partial charge in [-0.3, -0.25) is 0 Å². The Morgan fingerprint density at radius 2 is 2.12 bits per heavy atom. The Balaban J connectivity index is 0.000000490. The van der Waals surface area contributed by atoms with E-state index in [1.54, 1.807) is 0 Å². The van der Waals surface area contributed by atoms with Gasteiger partial charge in [0.1, 0.15) is 0 Å². The van der Waals surface area contributed by atoms with Gasteiger partial charge >= 0.3 is 0 Å². The monoisotopic (exact) mass is 136 g/mol. The Labute approximate surface area is 56.2 Å². The minimum Gasteiger partial charge on any atom is -0.326 e. The van der Waals surface area contributed by atoms with Gasteiger partial charge in [-0.1, -0.05) is 6.92 Å². The van der Waals surface area contributed by atoms with Crippen molar-refractivity contribution in [2.24, 2.45) is 11.7 Å². The molecule has 3 N–H and O–H groups in total. The van der Waals surface area contributed by atoms with E-state index in [-0.39, 0.29) is 12.4 Å². The van der Waals surface area contributed by atoms with Crippen LogP contribution in [0.15, 0.2) is 0 Å². The third kappa shape index (κ3) is 1.62. The van der Waals surface area contributed by atoms with Gasteiger partial charge in [-0.25, -0.2) is 0 Å². The van der Waals surface area contributed by atoms with Gasteiger partial charge in [0, 0.05) is 12.6 Å². The van der Waals surface area contributed by atoms with Gasteiger partial charge < -0.3 is 11.1 Å². The van der Waals surface area contributed by atoms with Crippen molar-refractivity contribution < 1.29 is 0 Å². The van der Waals surface area contributed by atoms with Crippen molar-refractivity contribution in [1.29, 1.82) is 0 Å². The molecule has 0 aromatic carbocycles. The molecule has 1 heterocycles. The van der Waals surface area contributed by atoms with Crippen molar-refractivity contribution in [2.75, 3.05) is 13.1 Å². The molecular formula is C5H13ClN2. The maximum Gasteiger partial charge on any atom is 0.0203 e. The normalized spacial score (nSPS) is 36.8. The quantitative estimate of drug-likeness (QED) is 0.491. The minimum absolute atomic E-state index is 0. The average Bonchev–Trinajstić information content (AvgIpc) is 1.91. The summed E-state index contributed by atoms with van der Waals surface area (Å²) in [5.41, 5.74) is 5.62. The molecule has 0 radical (unpaired) electrons. The summed E-state index contributed by atoms with van der Waals surface area (Å²) in [5, 5.41) is 3.20. The van der Waals surface area contributed by atoms with Crippen LogP contribution < -0.4 is 11.1 Å². The van der Waals surface area contributed by atoms with E-state index in [9.17, 15) is 0 Å². The number of hydrogen-bond acceptors (Lipinski definition) is 2. The van der Waals surface area contributed by atoms with E-state index in [1.165, 1.54) is 0 Å². The van der Waals surface area contributed by atoms with Crippen LogP contribution in [0.3, 0.4) is 0 Å². The third-order valence-electron chi connectivity index (χ3n) is 1.58. The molecule has 1 aliphatic heterocycles. The first-order valence-corrected chi connectivity index (χ1v) is 2.77. The summed E-state index contributed by atoms with van der Waals surface area (Å²) in [6, 6.07) is 0.403. The Bertz CT molecular complexity index is 59.4. The van der Waals surface area contributed by atoms with E-state index in [1.807, 2.05) is 0 Å². The maximum atomic E-state index is 5.62. The number of nitrogens with one attached hydrogen (secondary N) is 1. The van der Waals surface area contributed by atoms with Gasteiger partial charge in [0.25, 0.3) is 0 Å². The van der Waals surface area contributed by atoms with Crippen molar-refractivity contribution in [3.05, 3.63) is 0 Å². The standard InChI is InChI=1S/C5H12N2.ClH/c1-4-2-7-3-5(4)6;/h4-5,7H,2-3,6H2,1H3;1H/t4-,5+;/m0./s1. The van der Waals surface area contributed by atoms with Crippen molar-refractivity contribution in [3.63, 3.8) is 0 Å². The summed E-state index contributed by atoms with van der Waals surface area (Å²) in [4.78, 5) is 0. The predicted molar refractivity (Wildman–Crippen MR) is 37.3 cm³/mol. The lowest BCUT2D eigenvalue weighted by Crippen LogP contribution is -2.26. The molecule has 3 heteroatoms. The number of nitrogens with two attached hydrogens (primary N) is 1. The summed E-state index contributed by atoms with van der Waals surface area (Å²) >= 11 is 0. The third-order valence-corrected chi connectivity index (χ3v) is 1.58. The van der Waals surface area contributed by atoms with Crippen LogP contribution in [-0.4, -0.2) is 19.1 Å². The molecule has 0 spiro atoms. The highest BCUT2D eigenvalue weighted by Gasteiger charge is 2.17. The summed E-state index contributed by atoms with van der Waals surface area (Å²) in [6.07, 6.45) is 0. The summed E-state index contributed by atoms with van der Waals surface area (Å²) < 4.78 is 0. The van der Waals surface area contributed by atoms with E-state index >= 15 is 0 Å². The van der Waals surface area contributed by atoms with Crippen molar-refractivity contribution in [2.45, 2.75) is 13.0 Å². The van der Waals surface area contributed by atoms with Crippen LogP contribution in [0.25, 0.3) is 0 Å². The highest BCUT2D eigenvalue weighted by atomic mass is 35.5. The zero-order valence-electron chi connectivity index (χ0n) is 5.05. The molecule has 0 unspecified atom stereocenters. The SMILES string of the molecule is C[C@H]1CNC[C@H]1N.Cl. The molecule has 1 saturated heterocycles. The fraction of sp³-hybridized carbons (Fsp3) is 1.00. The van der Waals surface area contributed by atoms with Gasteiger partial charge in [0.15, 0.2) is 0 Å². The van der Waals surface area contributed by atoms with Crippen LogP contribution >= 0.6 is 12.4 Å². The molecule has 1 fully saturated rings. The van der Waals surface area contributed by atoms with Gasteiger partial charge in [-0.15, -0.1) is 12.4 Å². The number of rotatable bonds is 0. The largest absolute Gasteiger partial charge is 0.326 e. The highest BCUT2D eigenvalue weighted by molar-refractivity contribution is 5.85. The highest BCUT2D eigenvalue weighted by Crippen LogP contribution is 2.02. The van der Waals surface area contributed by atoms with Crippen molar-refractivity contribution >= 4 is 12.4 Å². The Hall–Kier alpha value is 0.210. The smallest absolute Gasteiger partial charge is 0.0203 e. The maximum absolute atomic E-state index is 5.62. The van der Waals surface area contributed by atoms with E-state index < -0.39 is 0 Å². The van der Waals surface area contributed by atoms with E-state index in [4.69, 9.17) is 5.73 Å². The topological polar surface area (TPSA) is 38.0 Å². The summed E-state index contributed by atoms with van der Waals surface area (Å²) in [7, 11) is 0. The van der Waals surface area contributed by atoms with E-state index in [0.717, 1.165) is 13.1 Å². The molecule has 1 aliphatic rings. The zero-order valence-corrected chi connectivity index (χ0v) is 5.87. The van der Waals surface area contributed by atoms with Crippen LogP contribution in [-0.2, 0) is 0 Å². The number of halogens is 1. The summed E-state index contributed by atoms with van der Waals surface area (Å²) in [5.74, 6) is 0.681. The molecule has 0 amide bonds. The molecule has 50 valence electrons. The Morgan fingerprint density at radius 1 is 1.50 bits per heavy atom. The first kappa shape index (κ1) is 8.21. The molecule has 2 atom stereocenters. The molecule has 0 aromatic heterocycles. The van der Waals surface area contributed by atoms with Crippen LogP contribution in [0.5, 0.6) is 0 Å². The van der Waals surface area contributed by atoms with Crippen molar-refractivity contribution in [1.82, 2.24) is 5.32 Å². The van der Waals surface area contributed by atoms with Crippen LogP contribution in [0.4, 0.5) is 0 Å².